The second-order valence-electron chi connectivity index (χ2n) is 7.20. The summed E-state index contributed by atoms with van der Waals surface area (Å²) in [6, 6.07) is 14.4. The van der Waals surface area contributed by atoms with E-state index in [4.69, 9.17) is 39.5 Å². The van der Waals surface area contributed by atoms with Crippen molar-refractivity contribution in [2.45, 2.75) is 6.61 Å². The molecule has 0 unspecified atom stereocenters. The number of phenolic OH excluding ortho intramolecular Hbond substituents is 1. The number of imide groups is 2. The maximum Gasteiger partial charge on any atom is 0.335 e. The van der Waals surface area contributed by atoms with Crippen LogP contribution in [0.15, 0.2) is 66.2 Å². The molecule has 0 aliphatic carbocycles. The summed E-state index contributed by atoms with van der Waals surface area (Å²) < 4.78 is 5.88. The molecule has 172 valence electrons. The van der Waals surface area contributed by atoms with Gasteiger partial charge in [0.25, 0.3) is 11.8 Å². The molecule has 1 aliphatic heterocycles. The van der Waals surface area contributed by atoms with E-state index >= 15 is 0 Å². The van der Waals surface area contributed by atoms with Gasteiger partial charge in [-0.3, -0.25) is 14.9 Å². The molecule has 1 fully saturated rings. The minimum atomic E-state index is -0.917. The summed E-state index contributed by atoms with van der Waals surface area (Å²) >= 11 is 18.5. The number of phenols is 1. The molecule has 1 aliphatic rings. The van der Waals surface area contributed by atoms with Gasteiger partial charge < -0.3 is 9.84 Å². The maximum absolute atomic E-state index is 13.1. The van der Waals surface area contributed by atoms with Crippen molar-refractivity contribution >= 4 is 64.4 Å². The fourth-order valence-electron chi connectivity index (χ4n) is 3.27. The fourth-order valence-corrected chi connectivity index (χ4v) is 4.05. The lowest BCUT2D eigenvalue weighted by Crippen LogP contribution is -2.54. The number of carbonyl (C=O) groups excluding carboxylic acids is 3. The van der Waals surface area contributed by atoms with Crippen LogP contribution in [-0.2, 0) is 16.2 Å². The maximum atomic E-state index is 13.1. The van der Waals surface area contributed by atoms with Gasteiger partial charge in [0.2, 0.25) is 0 Å². The van der Waals surface area contributed by atoms with Crippen molar-refractivity contribution in [3.8, 4) is 11.5 Å². The third-order valence-corrected chi connectivity index (χ3v) is 5.55. The molecular weight excluding hydrogens is 503 g/mol. The molecule has 0 radical (unpaired) electrons. The third-order valence-electron chi connectivity index (χ3n) is 4.82. The normalized spacial score (nSPS) is 15.0. The van der Waals surface area contributed by atoms with Gasteiger partial charge in [0.15, 0.2) is 0 Å². The van der Waals surface area contributed by atoms with E-state index in [-0.39, 0.29) is 45.0 Å². The molecule has 4 rings (SSSR count). The molecular formula is C24H15Cl3N2O5. The van der Waals surface area contributed by atoms with Gasteiger partial charge in [-0.05, 0) is 60.2 Å². The number of anilines is 1. The van der Waals surface area contributed by atoms with Crippen molar-refractivity contribution in [2.75, 3.05) is 4.90 Å². The highest BCUT2D eigenvalue weighted by molar-refractivity contribution is 6.40. The number of barbiturate groups is 1. The summed E-state index contributed by atoms with van der Waals surface area (Å²) in [4.78, 5) is 38.8. The number of halogens is 3. The number of ether oxygens (including phenoxy) is 1. The zero-order chi connectivity index (χ0) is 24.4. The summed E-state index contributed by atoms with van der Waals surface area (Å²) in [5, 5.41) is 12.6. The van der Waals surface area contributed by atoms with E-state index in [9.17, 15) is 19.5 Å². The summed E-state index contributed by atoms with van der Waals surface area (Å²) in [5.41, 5.74) is 0.865. The predicted molar refractivity (Wildman–Crippen MR) is 129 cm³/mol. The van der Waals surface area contributed by atoms with Gasteiger partial charge in [-0.1, -0.05) is 46.9 Å². The van der Waals surface area contributed by atoms with Crippen LogP contribution >= 0.6 is 34.8 Å². The lowest BCUT2D eigenvalue weighted by molar-refractivity contribution is -0.122. The van der Waals surface area contributed by atoms with Crippen LogP contribution in [0, 0.1) is 0 Å². The van der Waals surface area contributed by atoms with Crippen molar-refractivity contribution < 1.29 is 24.2 Å². The Morgan fingerprint density at radius 2 is 1.68 bits per heavy atom. The lowest BCUT2D eigenvalue weighted by atomic mass is 10.1. The van der Waals surface area contributed by atoms with E-state index in [1.807, 2.05) is 6.07 Å². The van der Waals surface area contributed by atoms with E-state index in [1.165, 1.54) is 42.5 Å². The number of nitrogens with one attached hydrogen (secondary N) is 1. The minimum absolute atomic E-state index is 0.0458. The molecule has 0 aromatic heterocycles. The molecule has 3 aromatic carbocycles. The lowest BCUT2D eigenvalue weighted by Gasteiger charge is -2.26. The summed E-state index contributed by atoms with van der Waals surface area (Å²) in [5.74, 6) is -1.61. The van der Waals surface area contributed by atoms with Gasteiger partial charge in [-0.25, -0.2) is 9.69 Å². The minimum Gasteiger partial charge on any atom is -0.508 e. The van der Waals surface area contributed by atoms with Crippen LogP contribution in [0.4, 0.5) is 10.5 Å². The Kier molecular flexibility index (Phi) is 6.79. The summed E-state index contributed by atoms with van der Waals surface area (Å²) in [6.45, 7) is 0.107. The molecule has 10 heteroatoms. The summed E-state index contributed by atoms with van der Waals surface area (Å²) in [6.07, 6.45) is 1.25. The SMILES string of the molecule is O=C1NC(=O)N(c2ccc(O)cc2)C(=O)/C1=C/c1cc(Cl)cc(Cl)c1OCc1cccc(Cl)c1. The molecule has 1 saturated heterocycles. The van der Waals surface area contributed by atoms with Crippen LogP contribution in [0.1, 0.15) is 11.1 Å². The van der Waals surface area contributed by atoms with Crippen LogP contribution in [0.2, 0.25) is 15.1 Å². The van der Waals surface area contributed by atoms with E-state index in [1.54, 1.807) is 18.2 Å². The Morgan fingerprint density at radius 3 is 2.38 bits per heavy atom. The van der Waals surface area contributed by atoms with Gasteiger partial charge in [0.1, 0.15) is 23.7 Å². The van der Waals surface area contributed by atoms with Gasteiger partial charge in [-0.15, -0.1) is 0 Å². The molecule has 2 N–H and O–H groups in total. The summed E-state index contributed by atoms with van der Waals surface area (Å²) in [7, 11) is 0. The molecule has 0 saturated carbocycles. The van der Waals surface area contributed by atoms with Crippen LogP contribution < -0.4 is 15.0 Å². The zero-order valence-electron chi connectivity index (χ0n) is 17.2. The number of benzene rings is 3. The first-order valence-corrected chi connectivity index (χ1v) is 10.9. The van der Waals surface area contributed by atoms with Crippen molar-refractivity contribution in [3.05, 3.63) is 92.4 Å². The predicted octanol–water partition coefficient (Wildman–Crippen LogP) is 5.60. The largest absolute Gasteiger partial charge is 0.508 e. The van der Waals surface area contributed by atoms with Crippen LogP contribution in [-0.4, -0.2) is 23.0 Å². The average Bonchev–Trinajstić information content (AvgIpc) is 2.77. The highest BCUT2D eigenvalue weighted by Gasteiger charge is 2.37. The Hall–Kier alpha value is -3.52. The molecule has 0 bridgehead atoms. The number of rotatable bonds is 5. The third kappa shape index (κ3) is 5.02. The molecule has 4 amide bonds. The Balaban J connectivity index is 1.71. The smallest absolute Gasteiger partial charge is 0.335 e. The molecule has 3 aromatic rings. The zero-order valence-corrected chi connectivity index (χ0v) is 19.5. The Morgan fingerprint density at radius 1 is 0.941 bits per heavy atom. The van der Waals surface area contributed by atoms with Gasteiger partial charge in [0, 0.05) is 15.6 Å². The monoisotopic (exact) mass is 516 g/mol. The first-order chi connectivity index (χ1) is 16.2. The van der Waals surface area contributed by atoms with Gasteiger partial charge >= 0.3 is 6.03 Å². The highest BCUT2D eigenvalue weighted by Crippen LogP contribution is 2.35. The fraction of sp³-hybridized carbons (Fsp3) is 0.0417. The number of urea groups is 1. The molecule has 34 heavy (non-hydrogen) atoms. The van der Waals surface area contributed by atoms with E-state index in [0.29, 0.717) is 5.02 Å². The molecule has 7 nitrogen and oxygen atoms in total. The molecule has 1 heterocycles. The second-order valence-corrected chi connectivity index (χ2v) is 8.48. The van der Waals surface area contributed by atoms with Gasteiger partial charge in [-0.2, -0.15) is 0 Å². The van der Waals surface area contributed by atoms with Crippen molar-refractivity contribution in [2.24, 2.45) is 0 Å². The quantitative estimate of drug-likeness (QED) is 0.339. The first-order valence-electron chi connectivity index (χ1n) is 9.79. The Bertz CT molecular complexity index is 1340. The first kappa shape index (κ1) is 23.6. The number of amides is 4. The molecule has 0 spiro atoms. The second kappa shape index (κ2) is 9.77. The van der Waals surface area contributed by atoms with Crippen LogP contribution in [0.25, 0.3) is 6.08 Å². The molecule has 0 atom stereocenters. The highest BCUT2D eigenvalue weighted by atomic mass is 35.5. The number of hydrogen-bond donors (Lipinski definition) is 2. The van der Waals surface area contributed by atoms with E-state index in [2.05, 4.69) is 5.32 Å². The topological polar surface area (TPSA) is 95.9 Å². The number of nitrogens with zero attached hydrogens (tertiary/aromatic N) is 1. The standard InChI is InChI=1S/C24H15Cl3N2O5/c25-15-3-1-2-13(8-15)12-34-21-14(9-16(26)11-20(21)27)10-19-22(31)28-24(33)29(23(19)32)17-4-6-18(30)7-5-17/h1-11,30H,12H2,(H,28,31,33)/b19-10+. The van der Waals surface area contributed by atoms with Crippen LogP contribution in [0.5, 0.6) is 11.5 Å². The van der Waals surface area contributed by atoms with Crippen molar-refractivity contribution in [1.29, 1.82) is 0 Å². The average molecular weight is 518 g/mol. The number of aromatic hydroxyl groups is 1. The number of hydrogen-bond acceptors (Lipinski definition) is 5. The van der Waals surface area contributed by atoms with Crippen molar-refractivity contribution in [1.82, 2.24) is 5.32 Å². The van der Waals surface area contributed by atoms with Crippen LogP contribution in [0.3, 0.4) is 0 Å². The van der Waals surface area contributed by atoms with E-state index < -0.39 is 17.8 Å². The number of carbonyl (C=O) groups is 3. The Labute approximate surface area is 209 Å². The van der Waals surface area contributed by atoms with Gasteiger partial charge in [0.05, 0.1) is 10.7 Å². The van der Waals surface area contributed by atoms with E-state index in [0.717, 1.165) is 10.5 Å². The van der Waals surface area contributed by atoms with Crippen molar-refractivity contribution in [3.63, 3.8) is 0 Å².